The van der Waals surface area contributed by atoms with Crippen molar-refractivity contribution in [1.29, 1.82) is 0 Å². The summed E-state index contributed by atoms with van der Waals surface area (Å²) < 4.78 is 7.52. The molecule has 6 nitrogen and oxygen atoms in total. The molecule has 0 spiro atoms. The van der Waals surface area contributed by atoms with E-state index < -0.39 is 0 Å². The Hall–Kier alpha value is -2.18. The normalized spacial score (nSPS) is 26.4. The van der Waals surface area contributed by atoms with Crippen LogP contribution in [0.2, 0.25) is 0 Å². The van der Waals surface area contributed by atoms with Gasteiger partial charge in [0.1, 0.15) is 0 Å². The number of fused-ring (bicyclic) bond motifs is 1. The van der Waals surface area contributed by atoms with Gasteiger partial charge < -0.3 is 19.9 Å². The van der Waals surface area contributed by atoms with Gasteiger partial charge in [0.25, 0.3) is 5.91 Å². The summed E-state index contributed by atoms with van der Waals surface area (Å²) in [4.78, 5) is 18.7. The average molecular weight is 326 g/mol. The summed E-state index contributed by atoms with van der Waals surface area (Å²) in [6.45, 7) is 3.41. The van der Waals surface area contributed by atoms with Crippen molar-refractivity contribution in [2.24, 2.45) is 11.7 Å². The molecule has 1 amide bonds. The predicted molar refractivity (Wildman–Crippen MR) is 89.5 cm³/mol. The second kappa shape index (κ2) is 6.03. The molecule has 0 saturated carbocycles. The molecule has 1 aromatic carbocycles. The summed E-state index contributed by atoms with van der Waals surface area (Å²) in [5.74, 6) is 0.305. The van der Waals surface area contributed by atoms with Crippen molar-refractivity contribution in [3.63, 3.8) is 0 Å². The molecule has 6 heteroatoms. The topological polar surface area (TPSA) is 73.4 Å². The largest absolute Gasteiger partial charge is 0.381 e. The van der Waals surface area contributed by atoms with E-state index in [-0.39, 0.29) is 17.4 Å². The molecular weight excluding hydrogens is 304 g/mol. The van der Waals surface area contributed by atoms with Gasteiger partial charge in [0, 0.05) is 55.7 Å². The third-order valence-electron chi connectivity index (χ3n) is 5.18. The summed E-state index contributed by atoms with van der Waals surface area (Å²) >= 11 is 0. The van der Waals surface area contributed by atoms with E-state index in [0.717, 1.165) is 18.5 Å². The number of likely N-dealkylation sites (tertiary alicyclic amines) is 1. The van der Waals surface area contributed by atoms with Crippen molar-refractivity contribution >= 4 is 5.91 Å². The highest BCUT2D eigenvalue weighted by Crippen LogP contribution is 2.32. The average Bonchev–Trinajstić information content (AvgIpc) is 3.21. The quantitative estimate of drug-likeness (QED) is 0.917. The minimum absolute atomic E-state index is 0.0587. The van der Waals surface area contributed by atoms with Gasteiger partial charge in [-0.05, 0) is 24.1 Å². The molecule has 2 fully saturated rings. The lowest BCUT2D eigenvalue weighted by Gasteiger charge is -2.34. The second-order valence-corrected chi connectivity index (χ2v) is 6.87. The Kier molecular flexibility index (Phi) is 3.86. The van der Waals surface area contributed by atoms with Crippen molar-refractivity contribution in [3.8, 4) is 0 Å². The third kappa shape index (κ3) is 2.83. The number of nitrogens with two attached hydrogens (primary N) is 1. The molecule has 0 aliphatic carbocycles. The number of carbonyl (C=O) groups excluding carboxylic acids is 1. The summed E-state index contributed by atoms with van der Waals surface area (Å²) in [6.07, 6.45) is 6.30. The summed E-state index contributed by atoms with van der Waals surface area (Å²) in [6, 6.07) is 7.79. The maximum atomic E-state index is 12.8. The number of rotatable bonds is 3. The van der Waals surface area contributed by atoms with Crippen molar-refractivity contribution < 1.29 is 9.53 Å². The van der Waals surface area contributed by atoms with E-state index in [2.05, 4.69) is 4.98 Å². The first kappa shape index (κ1) is 15.4. The van der Waals surface area contributed by atoms with E-state index in [0.29, 0.717) is 31.9 Å². The van der Waals surface area contributed by atoms with Crippen molar-refractivity contribution in [3.05, 3.63) is 54.1 Å². The van der Waals surface area contributed by atoms with E-state index in [9.17, 15) is 4.79 Å². The fourth-order valence-electron chi connectivity index (χ4n) is 3.67. The molecule has 0 unspecified atom stereocenters. The predicted octanol–water partition coefficient (Wildman–Crippen LogP) is 1.12. The van der Waals surface area contributed by atoms with Crippen LogP contribution in [-0.2, 0) is 11.3 Å². The highest BCUT2D eigenvalue weighted by Gasteiger charge is 2.46. The van der Waals surface area contributed by atoms with Gasteiger partial charge in [0.05, 0.1) is 12.9 Å². The molecular formula is C18H22N4O2. The summed E-state index contributed by atoms with van der Waals surface area (Å²) in [5.41, 5.74) is 8.06. The standard InChI is InChI=1S/C18H22N4O2/c19-18-5-8-24-11-16(18)10-22(12-18)17(23)15-3-1-14(2-4-15)9-21-7-6-20-13-21/h1-4,6-7,13,16H,5,8-12,19H2/t16-,18+/m0/s1. The molecule has 126 valence electrons. The molecule has 1 aromatic heterocycles. The highest BCUT2D eigenvalue weighted by molar-refractivity contribution is 5.94. The zero-order valence-corrected chi connectivity index (χ0v) is 13.6. The van der Waals surface area contributed by atoms with E-state index in [1.807, 2.05) is 39.9 Å². The Balaban J connectivity index is 1.45. The Labute approximate surface area is 141 Å². The monoisotopic (exact) mass is 326 g/mol. The number of benzene rings is 1. The number of hydrogen-bond acceptors (Lipinski definition) is 4. The number of hydrogen-bond donors (Lipinski definition) is 1. The van der Waals surface area contributed by atoms with E-state index in [4.69, 9.17) is 10.5 Å². The first-order valence-corrected chi connectivity index (χ1v) is 8.35. The van der Waals surface area contributed by atoms with Gasteiger partial charge in [-0.1, -0.05) is 12.1 Å². The molecule has 3 heterocycles. The minimum atomic E-state index is -0.282. The fourth-order valence-corrected chi connectivity index (χ4v) is 3.67. The zero-order chi connectivity index (χ0) is 16.6. The summed E-state index contributed by atoms with van der Waals surface area (Å²) in [7, 11) is 0. The van der Waals surface area contributed by atoms with Crippen LogP contribution in [0.25, 0.3) is 0 Å². The van der Waals surface area contributed by atoms with E-state index in [1.54, 1.807) is 12.5 Å². The maximum absolute atomic E-state index is 12.8. The molecule has 4 rings (SSSR count). The van der Waals surface area contributed by atoms with E-state index in [1.165, 1.54) is 0 Å². The molecule has 24 heavy (non-hydrogen) atoms. The molecule has 2 atom stereocenters. The Morgan fingerprint density at radius 1 is 1.38 bits per heavy atom. The molecule has 2 saturated heterocycles. The minimum Gasteiger partial charge on any atom is -0.381 e. The number of ether oxygens (including phenoxy) is 1. The van der Waals surface area contributed by atoms with Crippen LogP contribution in [0.4, 0.5) is 0 Å². The fraction of sp³-hybridized carbons (Fsp3) is 0.444. The molecule has 0 radical (unpaired) electrons. The van der Waals surface area contributed by atoms with Crippen LogP contribution in [0.3, 0.4) is 0 Å². The lowest BCUT2D eigenvalue weighted by molar-refractivity contribution is 0.0241. The zero-order valence-electron chi connectivity index (χ0n) is 13.6. The Morgan fingerprint density at radius 3 is 2.92 bits per heavy atom. The third-order valence-corrected chi connectivity index (χ3v) is 5.18. The SMILES string of the molecule is N[C@@]12CCOC[C@@H]1CN(C(=O)c1ccc(Cn3ccnc3)cc1)C2. The highest BCUT2D eigenvalue weighted by atomic mass is 16.5. The number of carbonyl (C=O) groups is 1. The van der Waals surface area contributed by atoms with Crippen molar-refractivity contribution in [1.82, 2.24) is 14.5 Å². The van der Waals surface area contributed by atoms with Gasteiger partial charge in [-0.3, -0.25) is 4.79 Å². The van der Waals surface area contributed by atoms with Crippen LogP contribution in [0.1, 0.15) is 22.3 Å². The Morgan fingerprint density at radius 2 is 2.21 bits per heavy atom. The molecule has 2 N–H and O–H groups in total. The number of imidazole rings is 1. The van der Waals surface area contributed by atoms with Crippen LogP contribution in [0.15, 0.2) is 43.0 Å². The number of aromatic nitrogens is 2. The van der Waals surface area contributed by atoms with Crippen LogP contribution in [0, 0.1) is 5.92 Å². The van der Waals surface area contributed by atoms with Gasteiger partial charge in [-0.2, -0.15) is 0 Å². The van der Waals surface area contributed by atoms with Gasteiger partial charge in [-0.25, -0.2) is 4.98 Å². The lowest BCUT2D eigenvalue weighted by Crippen LogP contribution is -2.52. The van der Waals surface area contributed by atoms with Gasteiger partial charge in [0.2, 0.25) is 0 Å². The van der Waals surface area contributed by atoms with Crippen LogP contribution < -0.4 is 5.73 Å². The van der Waals surface area contributed by atoms with E-state index >= 15 is 0 Å². The maximum Gasteiger partial charge on any atom is 0.253 e. The first-order valence-electron chi connectivity index (χ1n) is 8.35. The molecule has 2 aromatic rings. The van der Waals surface area contributed by atoms with Crippen LogP contribution in [0.5, 0.6) is 0 Å². The first-order chi connectivity index (χ1) is 11.6. The molecule has 2 aliphatic heterocycles. The number of amides is 1. The van der Waals surface area contributed by atoms with Crippen molar-refractivity contribution in [2.45, 2.75) is 18.5 Å². The van der Waals surface area contributed by atoms with Gasteiger partial charge in [0.15, 0.2) is 0 Å². The number of nitrogens with zero attached hydrogens (tertiary/aromatic N) is 3. The van der Waals surface area contributed by atoms with Crippen LogP contribution >= 0.6 is 0 Å². The summed E-state index contributed by atoms with van der Waals surface area (Å²) in [5, 5.41) is 0. The lowest BCUT2D eigenvalue weighted by atomic mass is 9.84. The van der Waals surface area contributed by atoms with Gasteiger partial charge in [-0.15, -0.1) is 0 Å². The van der Waals surface area contributed by atoms with Crippen molar-refractivity contribution in [2.75, 3.05) is 26.3 Å². The molecule has 2 aliphatic rings. The van der Waals surface area contributed by atoms with Crippen LogP contribution in [-0.4, -0.2) is 52.2 Å². The Bertz CT molecular complexity index is 713. The molecule has 0 bridgehead atoms. The smallest absolute Gasteiger partial charge is 0.253 e. The second-order valence-electron chi connectivity index (χ2n) is 6.87. The van der Waals surface area contributed by atoms with Gasteiger partial charge >= 0.3 is 0 Å².